The van der Waals surface area contributed by atoms with Crippen LogP contribution in [-0.2, 0) is 4.79 Å². The molecule has 0 unspecified atom stereocenters. The summed E-state index contributed by atoms with van der Waals surface area (Å²) in [4.78, 5) is 26.5. The Kier molecular flexibility index (Phi) is 10.1. The smallest absolute Gasteiger partial charge is 0.303 e. The number of halogens is 1. The van der Waals surface area contributed by atoms with Crippen molar-refractivity contribution in [3.05, 3.63) is 54.6 Å². The van der Waals surface area contributed by atoms with Crippen molar-refractivity contribution in [2.75, 3.05) is 32.5 Å². The molecule has 1 fully saturated rings. The number of hydrogen-bond acceptors (Lipinski definition) is 7. The highest BCUT2D eigenvalue weighted by molar-refractivity contribution is 7.99. The van der Waals surface area contributed by atoms with E-state index in [1.54, 1.807) is 49.7 Å². The Balaban J connectivity index is 1.32. The maximum absolute atomic E-state index is 15.5. The number of pyridine rings is 1. The van der Waals surface area contributed by atoms with Crippen LogP contribution in [0.1, 0.15) is 50.3 Å². The highest BCUT2D eigenvalue weighted by Gasteiger charge is 2.30. The Morgan fingerprint density at radius 2 is 2.11 bits per heavy atom. The fourth-order valence-corrected chi connectivity index (χ4v) is 6.02. The molecule has 3 atom stereocenters. The first-order chi connectivity index (χ1) is 18.0. The number of hydrogen-bond donors (Lipinski definition) is 1. The van der Waals surface area contributed by atoms with Gasteiger partial charge in [0.05, 0.1) is 18.8 Å². The van der Waals surface area contributed by atoms with Gasteiger partial charge in [-0.25, -0.2) is 9.37 Å². The van der Waals surface area contributed by atoms with Crippen LogP contribution in [0, 0.1) is 11.8 Å². The average Bonchev–Trinajstić information content (AvgIpc) is 2.93. The first-order valence-electron chi connectivity index (χ1n) is 12.9. The molecule has 0 amide bonds. The number of carboxylic acid groups (broad SMARTS) is 1. The Morgan fingerprint density at radius 1 is 1.22 bits per heavy atom. The van der Waals surface area contributed by atoms with Gasteiger partial charge in [-0.2, -0.15) is 0 Å². The maximum atomic E-state index is 15.5. The molecule has 0 radical (unpaired) electrons. The summed E-state index contributed by atoms with van der Waals surface area (Å²) in [6.45, 7) is 2.82. The van der Waals surface area contributed by atoms with Crippen LogP contribution in [0.3, 0.4) is 0 Å². The maximum Gasteiger partial charge on any atom is 0.303 e. The summed E-state index contributed by atoms with van der Waals surface area (Å²) in [6.07, 6.45) is 9.67. The van der Waals surface area contributed by atoms with Crippen molar-refractivity contribution in [1.82, 2.24) is 19.9 Å². The van der Waals surface area contributed by atoms with Crippen molar-refractivity contribution in [2.24, 2.45) is 11.8 Å². The number of likely N-dealkylation sites (tertiary alicyclic amines) is 1. The van der Waals surface area contributed by atoms with E-state index in [1.165, 1.54) is 0 Å². The normalized spacial score (nSPS) is 19.1. The lowest BCUT2D eigenvalue weighted by atomic mass is 9.79. The van der Waals surface area contributed by atoms with Crippen molar-refractivity contribution in [2.45, 2.75) is 49.7 Å². The minimum Gasteiger partial charge on any atom is -0.497 e. The molecule has 0 bridgehead atoms. The molecule has 37 heavy (non-hydrogen) atoms. The van der Waals surface area contributed by atoms with Gasteiger partial charge < -0.3 is 14.7 Å². The zero-order valence-electron chi connectivity index (χ0n) is 21.3. The third-order valence-electron chi connectivity index (χ3n) is 7.22. The first kappa shape index (κ1) is 27.3. The van der Waals surface area contributed by atoms with E-state index in [2.05, 4.69) is 19.9 Å². The van der Waals surface area contributed by atoms with Crippen LogP contribution in [-0.4, -0.2) is 63.4 Å². The second kappa shape index (κ2) is 13.7. The molecular formula is C28H35FN4O3S. The van der Waals surface area contributed by atoms with E-state index in [4.69, 9.17) is 4.74 Å². The number of ether oxygens (including phenoxy) is 1. The number of thioether (sulfide) groups is 1. The second-order valence-electron chi connectivity index (χ2n) is 9.62. The molecule has 1 aliphatic heterocycles. The predicted octanol–water partition coefficient (Wildman–Crippen LogP) is 5.81. The molecule has 1 aromatic carbocycles. The zero-order valence-corrected chi connectivity index (χ0v) is 22.1. The lowest BCUT2D eigenvalue weighted by molar-refractivity contribution is -0.137. The number of fused-ring (bicyclic) bond motifs is 1. The molecule has 7 nitrogen and oxygen atoms in total. The molecule has 2 aromatic heterocycles. The quantitative estimate of drug-likeness (QED) is 0.221. The van der Waals surface area contributed by atoms with Crippen molar-refractivity contribution in [3.63, 3.8) is 0 Å². The number of aromatic nitrogens is 3. The zero-order chi connectivity index (χ0) is 26.0. The lowest BCUT2D eigenvalue weighted by Crippen LogP contribution is -2.41. The van der Waals surface area contributed by atoms with Crippen molar-refractivity contribution in [3.8, 4) is 5.75 Å². The highest BCUT2D eigenvalue weighted by atomic mass is 32.2. The SMILES string of the molecule is COc1ccc2nccc([C@H](F)CC[C@@H]3CCN(CCCSc4cnccn4)C[C@H]3CCC(=O)O)c2c1. The third kappa shape index (κ3) is 7.85. The fourth-order valence-electron chi connectivity index (χ4n) is 5.26. The van der Waals surface area contributed by atoms with Crippen LogP contribution in [0.15, 0.2) is 54.1 Å². The van der Waals surface area contributed by atoms with E-state index >= 15 is 4.39 Å². The van der Waals surface area contributed by atoms with Gasteiger partial charge in [0.2, 0.25) is 0 Å². The Bertz CT molecular complexity index is 1150. The summed E-state index contributed by atoms with van der Waals surface area (Å²) >= 11 is 1.70. The molecule has 1 saturated heterocycles. The first-order valence-corrected chi connectivity index (χ1v) is 13.9. The molecule has 1 N–H and O–H groups in total. The highest BCUT2D eigenvalue weighted by Crippen LogP contribution is 2.36. The summed E-state index contributed by atoms with van der Waals surface area (Å²) in [6, 6.07) is 7.30. The monoisotopic (exact) mass is 526 g/mol. The van der Waals surface area contributed by atoms with Crippen molar-refractivity contribution in [1.29, 1.82) is 0 Å². The van der Waals surface area contributed by atoms with Gasteiger partial charge in [-0.05, 0) is 86.9 Å². The van der Waals surface area contributed by atoms with E-state index in [0.717, 1.165) is 60.6 Å². The van der Waals surface area contributed by atoms with Crippen LogP contribution >= 0.6 is 11.8 Å². The van der Waals surface area contributed by atoms with E-state index in [-0.39, 0.29) is 12.3 Å². The summed E-state index contributed by atoms with van der Waals surface area (Å²) in [5.41, 5.74) is 1.40. The van der Waals surface area contributed by atoms with Gasteiger partial charge in [0.15, 0.2) is 0 Å². The van der Waals surface area contributed by atoms with Crippen LogP contribution in [0.25, 0.3) is 10.9 Å². The van der Waals surface area contributed by atoms with Crippen LogP contribution in [0.4, 0.5) is 4.39 Å². The number of rotatable bonds is 13. The molecule has 0 aliphatic carbocycles. The van der Waals surface area contributed by atoms with Gasteiger partial charge in [0.1, 0.15) is 16.9 Å². The van der Waals surface area contributed by atoms with Gasteiger partial charge in [-0.1, -0.05) is 0 Å². The Morgan fingerprint density at radius 3 is 2.89 bits per heavy atom. The summed E-state index contributed by atoms with van der Waals surface area (Å²) in [7, 11) is 1.60. The Hall–Kier alpha value is -2.78. The van der Waals surface area contributed by atoms with Crippen molar-refractivity contribution >= 4 is 28.6 Å². The van der Waals surface area contributed by atoms with Gasteiger partial charge in [0, 0.05) is 42.7 Å². The Labute approximate surface area is 221 Å². The fraction of sp³-hybridized carbons (Fsp3) is 0.500. The predicted molar refractivity (Wildman–Crippen MR) is 144 cm³/mol. The molecule has 198 valence electrons. The lowest BCUT2D eigenvalue weighted by Gasteiger charge is -2.39. The molecule has 3 aromatic rings. The van der Waals surface area contributed by atoms with Gasteiger partial charge in [-0.3, -0.25) is 14.8 Å². The van der Waals surface area contributed by atoms with Gasteiger partial charge in [0.25, 0.3) is 0 Å². The second-order valence-corrected chi connectivity index (χ2v) is 10.7. The number of piperidine rings is 1. The number of nitrogens with zero attached hydrogens (tertiary/aromatic N) is 4. The van der Waals surface area contributed by atoms with Crippen LogP contribution in [0.2, 0.25) is 0 Å². The molecule has 9 heteroatoms. The minimum atomic E-state index is -1.10. The van der Waals surface area contributed by atoms with E-state index < -0.39 is 12.1 Å². The van der Waals surface area contributed by atoms with E-state index in [9.17, 15) is 9.90 Å². The van der Waals surface area contributed by atoms with Gasteiger partial charge in [-0.15, -0.1) is 11.8 Å². The number of methoxy groups -OCH3 is 1. The van der Waals surface area contributed by atoms with Crippen LogP contribution in [0.5, 0.6) is 5.75 Å². The summed E-state index contributed by atoms with van der Waals surface area (Å²) in [5, 5.41) is 11.0. The molecule has 1 aliphatic rings. The minimum absolute atomic E-state index is 0.158. The van der Waals surface area contributed by atoms with E-state index in [0.29, 0.717) is 30.1 Å². The standard InChI is InChI=1S/C28H35FN4O3S/c1-36-22-5-7-26-24(17-22)23(9-11-31-26)25(29)6-3-20-10-15-33(19-21(20)4-8-28(34)35)14-2-16-37-27-18-30-12-13-32-27/h5,7,9,11-13,17-18,20-21,25H,2-4,6,8,10,14-16,19H2,1H3,(H,34,35)/t20-,21-,25-/m1/s1. The van der Waals surface area contributed by atoms with Gasteiger partial charge >= 0.3 is 5.97 Å². The van der Waals surface area contributed by atoms with E-state index in [1.807, 2.05) is 18.2 Å². The third-order valence-corrected chi connectivity index (χ3v) is 8.22. The molecule has 0 saturated carbocycles. The van der Waals surface area contributed by atoms with Crippen LogP contribution < -0.4 is 4.74 Å². The molecular weight excluding hydrogens is 491 g/mol. The topological polar surface area (TPSA) is 88.4 Å². The number of benzene rings is 1. The summed E-state index contributed by atoms with van der Waals surface area (Å²) in [5.74, 6) is 1.47. The molecule has 3 heterocycles. The number of alkyl halides is 1. The largest absolute Gasteiger partial charge is 0.497 e. The average molecular weight is 527 g/mol. The number of aliphatic carboxylic acids is 1. The molecule has 0 spiro atoms. The molecule has 4 rings (SSSR count). The summed E-state index contributed by atoms with van der Waals surface area (Å²) < 4.78 is 20.9. The number of carbonyl (C=O) groups is 1. The number of carboxylic acids is 1. The van der Waals surface area contributed by atoms with Crippen molar-refractivity contribution < 1.29 is 19.0 Å².